The van der Waals surface area contributed by atoms with E-state index >= 15 is 0 Å². The minimum Gasteiger partial charge on any atom is -0.465 e. The lowest BCUT2D eigenvalue weighted by atomic mass is 10.0. The van der Waals surface area contributed by atoms with Crippen LogP contribution in [0.25, 0.3) is 0 Å². The Hall–Kier alpha value is -1.77. The third-order valence-electron chi connectivity index (χ3n) is 4.20. The van der Waals surface area contributed by atoms with Crippen LogP contribution in [0.5, 0.6) is 0 Å². The number of thiazole rings is 1. The predicted octanol–water partition coefficient (Wildman–Crippen LogP) is 2.84. The number of nitrogens with one attached hydrogen (secondary N) is 2. The molecule has 0 bridgehead atoms. The molecule has 1 aliphatic heterocycles. The van der Waals surface area contributed by atoms with Gasteiger partial charge < -0.3 is 19.9 Å². The monoisotopic (exact) mass is 416 g/mol. The molecule has 0 aliphatic carbocycles. The average molecular weight is 417 g/mol. The molecule has 3 heterocycles. The second-order valence-electron chi connectivity index (χ2n) is 5.99. The van der Waals surface area contributed by atoms with Gasteiger partial charge >= 0.3 is 5.97 Å². The van der Waals surface area contributed by atoms with Crippen LogP contribution in [0.15, 0.2) is 12.3 Å². The van der Waals surface area contributed by atoms with Crippen LogP contribution in [0, 0.1) is 6.92 Å². The summed E-state index contributed by atoms with van der Waals surface area (Å²) < 4.78 is 4.70. The van der Waals surface area contributed by atoms with Crippen molar-refractivity contribution in [1.82, 2.24) is 15.3 Å². The van der Waals surface area contributed by atoms with Gasteiger partial charge in [-0.3, -0.25) is 4.79 Å². The SMILES string of the molecule is COC(=O)c1cnc(N2CCC(NC(=O)c3cc(Cl)c(C)[nH]3)C(Cl)C2)s1. The fourth-order valence-corrected chi connectivity index (χ4v) is 4.13. The second kappa shape index (κ2) is 7.85. The minimum absolute atomic E-state index is 0.164. The van der Waals surface area contributed by atoms with Gasteiger partial charge in [0.25, 0.3) is 5.91 Å². The molecular formula is C16H18Cl2N4O3S. The number of alkyl halides is 1. The summed E-state index contributed by atoms with van der Waals surface area (Å²) in [7, 11) is 1.34. The lowest BCUT2D eigenvalue weighted by Gasteiger charge is -2.35. The highest BCUT2D eigenvalue weighted by atomic mass is 35.5. The van der Waals surface area contributed by atoms with Gasteiger partial charge in [-0.15, -0.1) is 11.6 Å². The van der Waals surface area contributed by atoms with E-state index in [-0.39, 0.29) is 17.3 Å². The van der Waals surface area contributed by atoms with E-state index in [1.54, 1.807) is 13.0 Å². The molecule has 3 rings (SSSR count). The summed E-state index contributed by atoms with van der Waals surface area (Å²) in [6.45, 7) is 3.00. The second-order valence-corrected chi connectivity index (χ2v) is 7.96. The van der Waals surface area contributed by atoms with E-state index in [4.69, 9.17) is 27.9 Å². The van der Waals surface area contributed by atoms with E-state index in [0.717, 1.165) is 5.69 Å². The van der Waals surface area contributed by atoms with Crippen LogP contribution in [0.3, 0.4) is 0 Å². The van der Waals surface area contributed by atoms with Crippen molar-refractivity contribution >= 4 is 51.5 Å². The van der Waals surface area contributed by atoms with Gasteiger partial charge in [-0.25, -0.2) is 9.78 Å². The molecule has 0 aromatic carbocycles. The summed E-state index contributed by atoms with van der Waals surface area (Å²) in [5.74, 6) is -0.635. The zero-order valence-corrected chi connectivity index (χ0v) is 16.5. The molecule has 1 fully saturated rings. The summed E-state index contributed by atoms with van der Waals surface area (Å²) in [6, 6.07) is 1.44. The molecule has 0 spiro atoms. The molecule has 26 heavy (non-hydrogen) atoms. The zero-order chi connectivity index (χ0) is 18.8. The summed E-state index contributed by atoms with van der Waals surface area (Å²) in [4.78, 5) is 33.6. The van der Waals surface area contributed by atoms with E-state index < -0.39 is 5.97 Å². The quantitative estimate of drug-likeness (QED) is 0.590. The van der Waals surface area contributed by atoms with Gasteiger partial charge in [-0.05, 0) is 19.4 Å². The molecule has 1 saturated heterocycles. The predicted molar refractivity (Wildman–Crippen MR) is 102 cm³/mol. The average Bonchev–Trinajstić information content (AvgIpc) is 3.23. The number of hydrogen-bond acceptors (Lipinski definition) is 6. The number of ether oxygens (including phenoxy) is 1. The summed E-state index contributed by atoms with van der Waals surface area (Å²) >= 11 is 13.7. The first-order valence-electron chi connectivity index (χ1n) is 7.98. The number of carbonyl (C=O) groups excluding carboxylic acids is 2. The Morgan fingerprint density at radius 3 is 2.88 bits per heavy atom. The number of halogens is 2. The van der Waals surface area contributed by atoms with Crippen LogP contribution in [0.4, 0.5) is 5.13 Å². The van der Waals surface area contributed by atoms with Gasteiger partial charge in [-0.2, -0.15) is 0 Å². The molecule has 140 valence electrons. The van der Waals surface area contributed by atoms with E-state index in [0.29, 0.717) is 40.2 Å². The number of anilines is 1. The van der Waals surface area contributed by atoms with Gasteiger partial charge in [0.15, 0.2) is 5.13 Å². The highest BCUT2D eigenvalue weighted by molar-refractivity contribution is 7.17. The van der Waals surface area contributed by atoms with Gasteiger partial charge in [0.05, 0.1) is 23.7 Å². The van der Waals surface area contributed by atoms with Crippen molar-refractivity contribution in [3.05, 3.63) is 33.6 Å². The highest BCUT2D eigenvalue weighted by Gasteiger charge is 2.31. The number of amides is 1. The smallest absolute Gasteiger partial charge is 0.349 e. The standard InChI is InChI=1S/C16H18Cl2N4O3S/c1-8-9(17)5-12(20-8)14(23)21-11-3-4-22(7-10(11)18)16-19-6-13(26-16)15(24)25-2/h5-6,10-11,20H,3-4,7H2,1-2H3,(H,21,23). The molecule has 7 nitrogen and oxygen atoms in total. The van der Waals surface area contributed by atoms with Crippen LogP contribution in [-0.4, -0.2) is 53.5 Å². The molecule has 2 N–H and O–H groups in total. The van der Waals surface area contributed by atoms with Crippen molar-refractivity contribution in [3.8, 4) is 0 Å². The molecule has 2 aromatic rings. The fraction of sp³-hybridized carbons (Fsp3) is 0.438. The van der Waals surface area contributed by atoms with E-state index in [2.05, 4.69) is 15.3 Å². The van der Waals surface area contributed by atoms with Crippen molar-refractivity contribution in [3.63, 3.8) is 0 Å². The Kier molecular flexibility index (Phi) is 5.74. The third-order valence-corrected chi connectivity index (χ3v) is 6.08. The number of methoxy groups -OCH3 is 1. The number of piperidine rings is 1. The first-order valence-corrected chi connectivity index (χ1v) is 9.61. The number of hydrogen-bond donors (Lipinski definition) is 2. The number of aromatic amines is 1. The zero-order valence-electron chi connectivity index (χ0n) is 14.2. The molecule has 1 amide bonds. The van der Waals surface area contributed by atoms with E-state index in [9.17, 15) is 9.59 Å². The Balaban J connectivity index is 1.60. The first kappa shape index (κ1) is 19.0. The van der Waals surface area contributed by atoms with Crippen LogP contribution in [-0.2, 0) is 4.74 Å². The molecule has 1 aliphatic rings. The third kappa shape index (κ3) is 3.97. The number of rotatable bonds is 4. The van der Waals surface area contributed by atoms with Crippen molar-refractivity contribution in [2.75, 3.05) is 25.1 Å². The Labute approximate surface area is 164 Å². The maximum Gasteiger partial charge on any atom is 0.349 e. The van der Waals surface area contributed by atoms with Crippen LogP contribution < -0.4 is 10.2 Å². The van der Waals surface area contributed by atoms with Gasteiger partial charge in [0.2, 0.25) is 0 Å². The Morgan fingerprint density at radius 1 is 1.50 bits per heavy atom. The Morgan fingerprint density at radius 2 is 2.27 bits per heavy atom. The van der Waals surface area contributed by atoms with Crippen molar-refractivity contribution in [1.29, 1.82) is 0 Å². The van der Waals surface area contributed by atoms with Gasteiger partial charge in [0.1, 0.15) is 10.6 Å². The van der Waals surface area contributed by atoms with Crippen LogP contribution >= 0.6 is 34.5 Å². The topological polar surface area (TPSA) is 87.3 Å². The summed E-state index contributed by atoms with van der Waals surface area (Å²) in [5, 5.41) is 3.91. The number of aryl methyl sites for hydroxylation is 1. The number of carbonyl (C=O) groups is 2. The number of H-pyrrole nitrogens is 1. The van der Waals surface area contributed by atoms with E-state index in [1.165, 1.54) is 24.6 Å². The Bertz CT molecular complexity index is 803. The molecule has 2 aromatic heterocycles. The van der Waals surface area contributed by atoms with Crippen LogP contribution in [0.2, 0.25) is 5.02 Å². The number of nitrogens with zero attached hydrogens (tertiary/aromatic N) is 2. The lowest BCUT2D eigenvalue weighted by Crippen LogP contribution is -2.52. The van der Waals surface area contributed by atoms with Gasteiger partial charge in [-0.1, -0.05) is 22.9 Å². The largest absolute Gasteiger partial charge is 0.465 e. The fourth-order valence-electron chi connectivity index (χ4n) is 2.75. The minimum atomic E-state index is -0.404. The van der Waals surface area contributed by atoms with E-state index in [1.807, 2.05) is 4.90 Å². The normalized spacial score (nSPS) is 20.1. The summed E-state index contributed by atoms with van der Waals surface area (Å²) in [6.07, 6.45) is 2.17. The van der Waals surface area contributed by atoms with Crippen molar-refractivity contribution < 1.29 is 14.3 Å². The molecule has 0 saturated carbocycles. The first-order chi connectivity index (χ1) is 12.4. The van der Waals surface area contributed by atoms with Crippen LogP contribution in [0.1, 0.15) is 32.3 Å². The number of aromatic nitrogens is 2. The molecule has 2 unspecified atom stereocenters. The molecular weight excluding hydrogens is 399 g/mol. The molecule has 10 heteroatoms. The van der Waals surface area contributed by atoms with Crippen molar-refractivity contribution in [2.45, 2.75) is 24.8 Å². The maximum absolute atomic E-state index is 12.4. The highest BCUT2D eigenvalue weighted by Crippen LogP contribution is 2.28. The maximum atomic E-state index is 12.4. The lowest BCUT2D eigenvalue weighted by molar-refractivity contribution is 0.0606. The van der Waals surface area contributed by atoms with Gasteiger partial charge in [0, 0.05) is 24.8 Å². The number of esters is 1. The summed E-state index contributed by atoms with van der Waals surface area (Å²) in [5.41, 5.74) is 1.17. The molecule has 0 radical (unpaired) electrons. The molecule has 2 atom stereocenters. The van der Waals surface area contributed by atoms with Crippen molar-refractivity contribution in [2.24, 2.45) is 0 Å².